The highest BCUT2D eigenvalue weighted by atomic mass is 79.9. The first kappa shape index (κ1) is 13.1. The van der Waals surface area contributed by atoms with Gasteiger partial charge in [0.05, 0.1) is 5.02 Å². The lowest BCUT2D eigenvalue weighted by Gasteiger charge is -2.04. The number of nitrogen functional groups attached to an aromatic ring is 1. The van der Waals surface area contributed by atoms with Crippen LogP contribution in [0.15, 0.2) is 40.9 Å². The SMILES string of the molecule is Nc1ccc(C(=O)c2ccc(F)c(Cl)c2)cc1Br. The number of nitrogens with two attached hydrogens (primary N) is 1. The van der Waals surface area contributed by atoms with Crippen LogP contribution in [0.25, 0.3) is 0 Å². The lowest BCUT2D eigenvalue weighted by molar-refractivity contribution is 0.103. The van der Waals surface area contributed by atoms with Gasteiger partial charge >= 0.3 is 0 Å². The van der Waals surface area contributed by atoms with Gasteiger partial charge in [-0.25, -0.2) is 4.39 Å². The summed E-state index contributed by atoms with van der Waals surface area (Å²) in [5.74, 6) is -0.788. The van der Waals surface area contributed by atoms with Gasteiger partial charge in [-0.2, -0.15) is 0 Å². The Morgan fingerprint density at radius 1 is 1.17 bits per heavy atom. The number of ketones is 1. The molecule has 0 aliphatic rings. The zero-order chi connectivity index (χ0) is 13.3. The van der Waals surface area contributed by atoms with E-state index in [0.29, 0.717) is 21.3 Å². The standard InChI is InChI=1S/C13H8BrClFNO/c14-9-5-7(2-4-12(9)17)13(18)8-1-3-11(16)10(15)6-8/h1-6H,17H2. The molecule has 0 aliphatic carbocycles. The number of hydrogen-bond donors (Lipinski definition) is 1. The molecule has 0 atom stereocenters. The van der Waals surface area contributed by atoms with Crippen molar-refractivity contribution in [3.05, 3.63) is 62.8 Å². The lowest BCUT2D eigenvalue weighted by atomic mass is 10.0. The van der Waals surface area contributed by atoms with Crippen LogP contribution in [-0.2, 0) is 0 Å². The van der Waals surface area contributed by atoms with E-state index < -0.39 is 5.82 Å². The Hall–Kier alpha value is -1.39. The van der Waals surface area contributed by atoms with Crippen molar-refractivity contribution in [2.45, 2.75) is 0 Å². The van der Waals surface area contributed by atoms with Crippen LogP contribution in [0.5, 0.6) is 0 Å². The molecule has 2 aromatic rings. The van der Waals surface area contributed by atoms with E-state index in [1.54, 1.807) is 18.2 Å². The summed E-state index contributed by atoms with van der Waals surface area (Å²) >= 11 is 8.90. The summed E-state index contributed by atoms with van der Waals surface area (Å²) in [6.45, 7) is 0. The Balaban J connectivity index is 2.41. The zero-order valence-electron chi connectivity index (χ0n) is 9.08. The molecule has 92 valence electrons. The molecule has 2 rings (SSSR count). The summed E-state index contributed by atoms with van der Waals surface area (Å²) in [5.41, 5.74) is 6.98. The minimum absolute atomic E-state index is 0.0737. The molecule has 18 heavy (non-hydrogen) atoms. The predicted octanol–water partition coefficient (Wildman–Crippen LogP) is 4.05. The molecule has 0 bridgehead atoms. The summed E-state index contributed by atoms with van der Waals surface area (Å²) in [6, 6.07) is 8.73. The van der Waals surface area contributed by atoms with Crippen molar-refractivity contribution >= 4 is 39.0 Å². The van der Waals surface area contributed by atoms with Gasteiger partial charge in [-0.1, -0.05) is 11.6 Å². The molecule has 0 aliphatic heterocycles. The van der Waals surface area contributed by atoms with Crippen molar-refractivity contribution in [1.82, 2.24) is 0 Å². The number of benzene rings is 2. The van der Waals surface area contributed by atoms with Crippen LogP contribution in [0.1, 0.15) is 15.9 Å². The van der Waals surface area contributed by atoms with Crippen LogP contribution in [0.3, 0.4) is 0 Å². The van der Waals surface area contributed by atoms with Crippen LogP contribution in [0.2, 0.25) is 5.02 Å². The third kappa shape index (κ3) is 2.54. The van der Waals surface area contributed by atoms with Gasteiger partial charge in [-0.05, 0) is 52.3 Å². The number of carbonyl (C=O) groups excluding carboxylic acids is 1. The molecule has 0 saturated carbocycles. The maximum atomic E-state index is 13.0. The first-order chi connectivity index (χ1) is 8.49. The Morgan fingerprint density at radius 2 is 1.78 bits per heavy atom. The van der Waals surface area contributed by atoms with Crippen molar-refractivity contribution < 1.29 is 9.18 Å². The highest BCUT2D eigenvalue weighted by Gasteiger charge is 2.12. The molecule has 0 saturated heterocycles. The van der Waals surface area contributed by atoms with E-state index in [9.17, 15) is 9.18 Å². The van der Waals surface area contributed by atoms with Gasteiger partial charge in [0.25, 0.3) is 0 Å². The molecule has 2 nitrogen and oxygen atoms in total. The smallest absolute Gasteiger partial charge is 0.193 e. The molecule has 0 amide bonds. The second-order valence-corrected chi connectivity index (χ2v) is 4.96. The molecule has 2 N–H and O–H groups in total. The summed E-state index contributed by atoms with van der Waals surface area (Å²) in [7, 11) is 0. The maximum Gasteiger partial charge on any atom is 0.193 e. The predicted molar refractivity (Wildman–Crippen MR) is 73.4 cm³/mol. The van der Waals surface area contributed by atoms with Gasteiger partial charge in [0, 0.05) is 21.3 Å². The summed E-state index contributed by atoms with van der Waals surface area (Å²) < 4.78 is 13.7. The van der Waals surface area contributed by atoms with Crippen LogP contribution < -0.4 is 5.73 Å². The van der Waals surface area contributed by atoms with Gasteiger partial charge in [-0.3, -0.25) is 4.79 Å². The van der Waals surface area contributed by atoms with E-state index in [1.165, 1.54) is 18.2 Å². The van der Waals surface area contributed by atoms with Crippen molar-refractivity contribution in [2.75, 3.05) is 5.73 Å². The Bertz CT molecular complexity index is 577. The minimum Gasteiger partial charge on any atom is -0.398 e. The van der Waals surface area contributed by atoms with E-state index in [2.05, 4.69) is 15.9 Å². The quantitative estimate of drug-likeness (QED) is 0.667. The number of hydrogen-bond acceptors (Lipinski definition) is 2. The molecular weight excluding hydrogens is 321 g/mol. The number of halogens is 3. The molecule has 0 spiro atoms. The molecule has 0 fully saturated rings. The molecule has 0 unspecified atom stereocenters. The van der Waals surface area contributed by atoms with E-state index in [4.69, 9.17) is 17.3 Å². The van der Waals surface area contributed by atoms with Crippen LogP contribution >= 0.6 is 27.5 Å². The molecule has 5 heteroatoms. The second-order valence-electron chi connectivity index (χ2n) is 3.69. The van der Waals surface area contributed by atoms with Crippen molar-refractivity contribution in [3.8, 4) is 0 Å². The third-order valence-electron chi connectivity index (χ3n) is 2.44. The van der Waals surface area contributed by atoms with E-state index >= 15 is 0 Å². The topological polar surface area (TPSA) is 43.1 Å². The van der Waals surface area contributed by atoms with E-state index in [0.717, 1.165) is 0 Å². The molecule has 0 aromatic heterocycles. The maximum absolute atomic E-state index is 13.0. The summed E-state index contributed by atoms with van der Waals surface area (Å²) in [4.78, 5) is 12.1. The molecule has 2 aromatic carbocycles. The monoisotopic (exact) mass is 327 g/mol. The average molecular weight is 329 g/mol. The number of anilines is 1. The van der Waals surface area contributed by atoms with Crippen LogP contribution in [0.4, 0.5) is 10.1 Å². The molecular formula is C13H8BrClFNO. The minimum atomic E-state index is -0.549. The number of rotatable bonds is 2. The van der Waals surface area contributed by atoms with E-state index in [1.807, 2.05) is 0 Å². The first-order valence-corrected chi connectivity index (χ1v) is 6.21. The van der Waals surface area contributed by atoms with Gasteiger partial charge in [0.2, 0.25) is 0 Å². The van der Waals surface area contributed by atoms with Crippen LogP contribution in [0, 0.1) is 5.82 Å². The number of carbonyl (C=O) groups is 1. The van der Waals surface area contributed by atoms with Crippen molar-refractivity contribution in [3.63, 3.8) is 0 Å². The van der Waals surface area contributed by atoms with Gasteiger partial charge in [0.1, 0.15) is 5.82 Å². The highest BCUT2D eigenvalue weighted by Crippen LogP contribution is 2.23. The van der Waals surface area contributed by atoms with Crippen molar-refractivity contribution in [2.24, 2.45) is 0 Å². The fourth-order valence-corrected chi connectivity index (χ4v) is 2.03. The van der Waals surface area contributed by atoms with Crippen molar-refractivity contribution in [1.29, 1.82) is 0 Å². The lowest BCUT2D eigenvalue weighted by Crippen LogP contribution is -2.02. The second kappa shape index (κ2) is 5.08. The van der Waals surface area contributed by atoms with E-state index in [-0.39, 0.29) is 10.8 Å². The first-order valence-electron chi connectivity index (χ1n) is 5.04. The fourth-order valence-electron chi connectivity index (χ4n) is 1.47. The highest BCUT2D eigenvalue weighted by molar-refractivity contribution is 9.10. The third-order valence-corrected chi connectivity index (χ3v) is 3.42. The average Bonchev–Trinajstić information content (AvgIpc) is 2.35. The van der Waals surface area contributed by atoms with Gasteiger partial charge in [0.15, 0.2) is 5.78 Å². The van der Waals surface area contributed by atoms with Crippen LogP contribution in [-0.4, -0.2) is 5.78 Å². The summed E-state index contributed by atoms with van der Waals surface area (Å²) in [6.07, 6.45) is 0. The fraction of sp³-hybridized carbons (Fsp3) is 0. The summed E-state index contributed by atoms with van der Waals surface area (Å²) in [5, 5.41) is -0.0737. The molecule has 0 radical (unpaired) electrons. The largest absolute Gasteiger partial charge is 0.398 e. The van der Waals surface area contributed by atoms with Gasteiger partial charge < -0.3 is 5.73 Å². The Labute approximate surface area is 117 Å². The van der Waals surface area contributed by atoms with Gasteiger partial charge in [-0.15, -0.1) is 0 Å². The Morgan fingerprint density at radius 3 is 2.39 bits per heavy atom. The zero-order valence-corrected chi connectivity index (χ0v) is 11.4. The normalized spacial score (nSPS) is 10.4. The Kier molecular flexibility index (Phi) is 3.68. The molecule has 0 heterocycles.